The second kappa shape index (κ2) is 9.64. The lowest BCUT2D eigenvalue weighted by atomic mass is 10.1. The third-order valence-corrected chi connectivity index (χ3v) is 5.32. The van der Waals surface area contributed by atoms with Gasteiger partial charge in [-0.05, 0) is 42.7 Å². The van der Waals surface area contributed by atoms with Crippen LogP contribution in [0.1, 0.15) is 40.9 Å². The normalized spacial score (nSPS) is 11.6. The van der Waals surface area contributed by atoms with Crippen LogP contribution in [0.15, 0.2) is 48.5 Å². The molecule has 0 heterocycles. The van der Waals surface area contributed by atoms with Crippen LogP contribution < -0.4 is 10.0 Å². The Morgan fingerprint density at radius 3 is 2.07 bits per heavy atom. The molecule has 0 aliphatic heterocycles. The molecule has 0 spiro atoms. The van der Waals surface area contributed by atoms with Gasteiger partial charge in [-0.15, -0.1) is 0 Å². The van der Waals surface area contributed by atoms with Crippen molar-refractivity contribution in [2.45, 2.75) is 38.8 Å². The summed E-state index contributed by atoms with van der Waals surface area (Å²) in [5, 5.41) is 2.86. The number of amides is 1. The molecule has 0 unspecified atom stereocenters. The van der Waals surface area contributed by atoms with Gasteiger partial charge in [0.1, 0.15) is 0 Å². The van der Waals surface area contributed by atoms with Gasteiger partial charge in [-0.2, -0.15) is 0 Å². The highest BCUT2D eigenvalue weighted by molar-refractivity contribution is 7.88. The minimum absolute atomic E-state index is 0.0638. The average molecular weight is 391 g/mol. The average Bonchev–Trinajstić information content (AvgIpc) is 2.60. The summed E-state index contributed by atoms with van der Waals surface area (Å²) >= 11 is 0. The van der Waals surface area contributed by atoms with Gasteiger partial charge in [0.2, 0.25) is 10.0 Å². The zero-order valence-corrected chi connectivity index (χ0v) is 16.7. The van der Waals surface area contributed by atoms with E-state index in [1.807, 2.05) is 24.3 Å². The van der Waals surface area contributed by atoms with E-state index in [1.54, 1.807) is 45.2 Å². The Morgan fingerprint density at radius 2 is 1.52 bits per heavy atom. The van der Waals surface area contributed by atoms with E-state index < -0.39 is 10.0 Å². The smallest absolute Gasteiger partial charge is 0.251 e. The fourth-order valence-corrected chi connectivity index (χ4v) is 4.01. The number of sulfonamides is 1. The van der Waals surface area contributed by atoms with Gasteiger partial charge in [-0.1, -0.05) is 36.4 Å². The molecule has 0 aromatic heterocycles. The molecule has 27 heavy (non-hydrogen) atoms. The summed E-state index contributed by atoms with van der Waals surface area (Å²) in [6.07, 6.45) is 0. The first kappa shape index (κ1) is 21.1. The molecule has 2 aromatic carbocycles. The molecule has 0 atom stereocenters. The fraction of sp³-hybridized carbons (Fsp3) is 0.350. The van der Waals surface area contributed by atoms with E-state index in [-0.39, 0.29) is 17.7 Å². The van der Waals surface area contributed by atoms with Gasteiger partial charge in [0.05, 0.1) is 12.4 Å². The van der Waals surface area contributed by atoms with Crippen molar-refractivity contribution in [1.82, 2.24) is 10.0 Å². The summed E-state index contributed by atoms with van der Waals surface area (Å²) in [5.41, 5.74) is 3.19. The molecule has 0 saturated heterocycles. The van der Waals surface area contributed by atoms with Crippen molar-refractivity contribution in [3.63, 3.8) is 0 Å². The number of benzene rings is 2. The van der Waals surface area contributed by atoms with Gasteiger partial charge < -0.3 is 10.1 Å². The Hall–Kier alpha value is -2.22. The van der Waals surface area contributed by atoms with E-state index in [4.69, 9.17) is 4.74 Å². The monoisotopic (exact) mass is 390 g/mol. The number of methoxy groups -OCH3 is 1. The summed E-state index contributed by atoms with van der Waals surface area (Å²) in [7, 11) is -1.72. The second-order valence-electron chi connectivity index (χ2n) is 6.66. The zero-order valence-electron chi connectivity index (χ0n) is 15.9. The number of carbonyl (C=O) groups excluding carboxylic acids is 1. The summed E-state index contributed by atoms with van der Waals surface area (Å²) in [4.78, 5) is 12.2. The molecule has 0 aliphatic rings. The van der Waals surface area contributed by atoms with Gasteiger partial charge in [0.25, 0.3) is 5.91 Å². The number of hydrogen-bond acceptors (Lipinski definition) is 4. The van der Waals surface area contributed by atoms with Gasteiger partial charge >= 0.3 is 0 Å². The Kier molecular flexibility index (Phi) is 7.53. The van der Waals surface area contributed by atoms with E-state index in [2.05, 4.69) is 10.0 Å². The number of nitrogens with one attached hydrogen (secondary N) is 2. The molecule has 2 N–H and O–H groups in total. The second-order valence-corrected chi connectivity index (χ2v) is 8.41. The fourth-order valence-electron chi connectivity index (χ4n) is 2.58. The molecule has 2 rings (SSSR count). The minimum Gasteiger partial charge on any atom is -0.380 e. The first-order valence-corrected chi connectivity index (χ1v) is 10.4. The summed E-state index contributed by atoms with van der Waals surface area (Å²) in [6.45, 7) is 4.45. The number of carbonyl (C=O) groups is 1. The van der Waals surface area contributed by atoms with Crippen LogP contribution in [0, 0.1) is 0 Å². The van der Waals surface area contributed by atoms with Crippen LogP contribution >= 0.6 is 0 Å². The lowest BCUT2D eigenvalue weighted by Gasteiger charge is -2.10. The third-order valence-electron chi connectivity index (χ3n) is 3.78. The van der Waals surface area contributed by atoms with Crippen molar-refractivity contribution in [2.75, 3.05) is 7.11 Å². The van der Waals surface area contributed by atoms with E-state index in [0.717, 1.165) is 11.1 Å². The predicted molar refractivity (Wildman–Crippen MR) is 106 cm³/mol. The quantitative estimate of drug-likeness (QED) is 0.689. The van der Waals surface area contributed by atoms with Crippen LogP contribution in [0.5, 0.6) is 0 Å². The van der Waals surface area contributed by atoms with Crippen LogP contribution in [-0.2, 0) is 33.7 Å². The molecule has 0 bridgehead atoms. The topological polar surface area (TPSA) is 84.5 Å². The highest BCUT2D eigenvalue weighted by atomic mass is 32.2. The van der Waals surface area contributed by atoms with Crippen molar-refractivity contribution < 1.29 is 17.9 Å². The Bertz CT molecular complexity index is 845. The van der Waals surface area contributed by atoms with Crippen molar-refractivity contribution >= 4 is 15.9 Å². The van der Waals surface area contributed by atoms with Crippen LogP contribution in [-0.4, -0.2) is 27.5 Å². The Balaban J connectivity index is 1.90. The van der Waals surface area contributed by atoms with Gasteiger partial charge in [0.15, 0.2) is 0 Å². The van der Waals surface area contributed by atoms with Crippen LogP contribution in [0.2, 0.25) is 0 Å². The van der Waals surface area contributed by atoms with Crippen LogP contribution in [0.3, 0.4) is 0 Å². The largest absolute Gasteiger partial charge is 0.380 e. The van der Waals surface area contributed by atoms with E-state index in [1.165, 1.54) is 0 Å². The molecular formula is C20H26N2O4S. The maximum Gasteiger partial charge on any atom is 0.251 e. The molecule has 6 nitrogen and oxygen atoms in total. The van der Waals surface area contributed by atoms with Crippen molar-refractivity contribution in [3.05, 3.63) is 70.8 Å². The molecular weight excluding hydrogens is 364 g/mol. The first-order chi connectivity index (χ1) is 12.8. The van der Waals surface area contributed by atoms with Gasteiger partial charge in [-0.25, -0.2) is 13.1 Å². The van der Waals surface area contributed by atoms with Gasteiger partial charge in [-0.3, -0.25) is 4.79 Å². The molecule has 0 radical (unpaired) electrons. The molecule has 2 aromatic rings. The number of rotatable bonds is 9. The number of hydrogen-bond donors (Lipinski definition) is 2. The van der Waals surface area contributed by atoms with Crippen molar-refractivity contribution in [3.8, 4) is 0 Å². The molecule has 0 fully saturated rings. The van der Waals surface area contributed by atoms with E-state index >= 15 is 0 Å². The maximum absolute atomic E-state index is 12.2. The maximum atomic E-state index is 12.2. The highest BCUT2D eigenvalue weighted by Gasteiger charge is 2.13. The lowest BCUT2D eigenvalue weighted by molar-refractivity contribution is 0.0951. The highest BCUT2D eigenvalue weighted by Crippen LogP contribution is 2.09. The lowest BCUT2D eigenvalue weighted by Crippen LogP contribution is -2.31. The van der Waals surface area contributed by atoms with E-state index in [0.29, 0.717) is 24.3 Å². The van der Waals surface area contributed by atoms with Crippen LogP contribution in [0.25, 0.3) is 0 Å². The minimum atomic E-state index is -3.34. The van der Waals surface area contributed by atoms with Crippen molar-refractivity contribution in [2.24, 2.45) is 0 Å². The third kappa shape index (κ3) is 7.13. The standard InChI is InChI=1S/C20H26N2O4S/c1-15(2)22-27(24,25)14-18-6-4-16(5-7-18)12-21-20(23)19-10-8-17(9-11-19)13-26-3/h4-11,15,22H,12-14H2,1-3H3,(H,21,23). The molecule has 7 heteroatoms. The summed E-state index contributed by atoms with van der Waals surface area (Å²) in [6, 6.07) is 14.3. The molecule has 1 amide bonds. The molecule has 0 aliphatic carbocycles. The first-order valence-electron chi connectivity index (χ1n) is 8.73. The van der Waals surface area contributed by atoms with Crippen molar-refractivity contribution in [1.29, 1.82) is 0 Å². The zero-order chi connectivity index (χ0) is 19.9. The Labute approximate surface area is 161 Å². The van der Waals surface area contributed by atoms with E-state index in [9.17, 15) is 13.2 Å². The molecule has 146 valence electrons. The SMILES string of the molecule is COCc1ccc(C(=O)NCc2ccc(CS(=O)(=O)NC(C)C)cc2)cc1. The predicted octanol–water partition coefficient (Wildman–Crippen LogP) is 2.59. The van der Waals surface area contributed by atoms with Crippen LogP contribution in [0.4, 0.5) is 0 Å². The van der Waals surface area contributed by atoms with Gasteiger partial charge in [0, 0.05) is 25.3 Å². The number of ether oxygens (including phenoxy) is 1. The Morgan fingerprint density at radius 1 is 0.963 bits per heavy atom. The molecule has 0 saturated carbocycles. The summed E-state index contributed by atoms with van der Waals surface area (Å²) < 4.78 is 31.5. The summed E-state index contributed by atoms with van der Waals surface area (Å²) in [5.74, 6) is -0.224.